The normalized spacial score (nSPS) is 13.6. The molecule has 0 atom stereocenters. The first-order valence-corrected chi connectivity index (χ1v) is 6.44. The van der Waals surface area contributed by atoms with Gasteiger partial charge in [-0.15, -0.1) is 0 Å². The largest absolute Gasteiger partial charge is 0.449 e. The maximum Gasteiger partial charge on any atom is 0.245 e. The molecule has 1 heterocycles. The van der Waals surface area contributed by atoms with Crippen molar-refractivity contribution in [2.45, 2.75) is 6.92 Å². The molecule has 1 N–H and O–H groups in total. The van der Waals surface area contributed by atoms with Gasteiger partial charge >= 0.3 is 0 Å². The number of halogens is 1. The van der Waals surface area contributed by atoms with Crippen LogP contribution in [0.3, 0.4) is 0 Å². The molecule has 5 nitrogen and oxygen atoms in total. The number of benzene rings is 1. The summed E-state index contributed by atoms with van der Waals surface area (Å²) in [5.41, 5.74) is 0.531. The molecule has 6 heteroatoms. The van der Waals surface area contributed by atoms with Crippen LogP contribution >= 0.6 is 0 Å². The maximum atomic E-state index is 12.9. The van der Waals surface area contributed by atoms with Crippen molar-refractivity contribution in [2.24, 2.45) is 0 Å². The van der Waals surface area contributed by atoms with E-state index < -0.39 is 17.4 Å². The van der Waals surface area contributed by atoms with Crippen molar-refractivity contribution in [2.75, 3.05) is 5.32 Å². The number of ketones is 3. The molecule has 1 aliphatic carbocycles. The summed E-state index contributed by atoms with van der Waals surface area (Å²) in [4.78, 5) is 35.6. The summed E-state index contributed by atoms with van der Waals surface area (Å²) >= 11 is 0. The van der Waals surface area contributed by atoms with E-state index in [4.69, 9.17) is 4.42 Å². The van der Waals surface area contributed by atoms with Crippen LogP contribution in [0, 0.1) is 5.82 Å². The first-order valence-electron chi connectivity index (χ1n) is 6.44. The molecule has 0 spiro atoms. The predicted octanol–water partition coefficient (Wildman–Crippen LogP) is 3.00. The number of allylic oxidation sites excluding steroid dienone is 2. The van der Waals surface area contributed by atoms with Crippen molar-refractivity contribution in [1.29, 1.82) is 0 Å². The molecule has 3 rings (SSSR count). The fraction of sp³-hybridized carbons (Fsp3) is 0.0625. The van der Waals surface area contributed by atoms with Crippen LogP contribution in [-0.4, -0.2) is 17.3 Å². The zero-order valence-corrected chi connectivity index (χ0v) is 11.5. The number of Topliss-reactive ketones (excluding diaryl/α,β-unsaturated/α-hetero) is 2. The van der Waals surface area contributed by atoms with Crippen LogP contribution < -0.4 is 5.32 Å². The Morgan fingerprint density at radius 3 is 2.50 bits per heavy atom. The van der Waals surface area contributed by atoms with Gasteiger partial charge in [-0.3, -0.25) is 14.4 Å². The van der Waals surface area contributed by atoms with E-state index in [0.717, 1.165) is 6.08 Å². The van der Waals surface area contributed by atoms with E-state index in [-0.39, 0.29) is 28.6 Å². The molecule has 1 aliphatic rings. The molecule has 0 radical (unpaired) electrons. The Kier molecular flexibility index (Phi) is 3.21. The first-order chi connectivity index (χ1) is 10.5. The zero-order chi connectivity index (χ0) is 15.9. The van der Waals surface area contributed by atoms with Gasteiger partial charge in [-0.05, 0) is 30.3 Å². The van der Waals surface area contributed by atoms with Crippen LogP contribution in [0.5, 0.6) is 0 Å². The Labute approximate surface area is 124 Å². The number of rotatable bonds is 3. The van der Waals surface area contributed by atoms with E-state index in [1.807, 2.05) is 0 Å². The lowest BCUT2D eigenvalue weighted by Gasteiger charge is -2.12. The molecule has 22 heavy (non-hydrogen) atoms. The SMILES string of the molecule is CC(=O)c1cc2c(o1)C(=O)C(Nc1ccc(F)cc1)=CC2=O. The number of furan rings is 1. The van der Waals surface area contributed by atoms with Gasteiger partial charge in [0, 0.05) is 18.7 Å². The zero-order valence-electron chi connectivity index (χ0n) is 11.5. The number of anilines is 1. The van der Waals surface area contributed by atoms with Gasteiger partial charge in [-0.25, -0.2) is 4.39 Å². The number of carbonyl (C=O) groups excluding carboxylic acids is 3. The highest BCUT2D eigenvalue weighted by Crippen LogP contribution is 2.26. The van der Waals surface area contributed by atoms with Crippen LogP contribution in [0.1, 0.15) is 38.4 Å². The number of hydrogen-bond donors (Lipinski definition) is 1. The molecule has 0 fully saturated rings. The van der Waals surface area contributed by atoms with Gasteiger partial charge in [0.15, 0.2) is 23.1 Å². The third-order valence-corrected chi connectivity index (χ3v) is 3.19. The number of nitrogens with one attached hydrogen (secondary N) is 1. The van der Waals surface area contributed by atoms with Crippen LogP contribution in [0.25, 0.3) is 0 Å². The molecule has 1 aromatic heterocycles. The second-order valence-electron chi connectivity index (χ2n) is 4.79. The van der Waals surface area contributed by atoms with E-state index in [2.05, 4.69) is 5.32 Å². The summed E-state index contributed by atoms with van der Waals surface area (Å²) in [6, 6.07) is 6.59. The third-order valence-electron chi connectivity index (χ3n) is 3.19. The molecule has 2 aromatic rings. The van der Waals surface area contributed by atoms with Crippen LogP contribution in [0.2, 0.25) is 0 Å². The molecule has 0 aliphatic heterocycles. The summed E-state index contributed by atoms with van der Waals surface area (Å²) in [5.74, 6) is -1.96. The van der Waals surface area contributed by atoms with Gasteiger partial charge in [-0.1, -0.05) is 0 Å². The highest BCUT2D eigenvalue weighted by molar-refractivity contribution is 6.24. The van der Waals surface area contributed by atoms with Gasteiger partial charge in [-0.2, -0.15) is 0 Å². The highest BCUT2D eigenvalue weighted by Gasteiger charge is 2.31. The minimum Gasteiger partial charge on any atom is -0.449 e. The van der Waals surface area contributed by atoms with Crippen LogP contribution in [-0.2, 0) is 0 Å². The molecule has 110 valence electrons. The highest BCUT2D eigenvalue weighted by atomic mass is 19.1. The molecule has 0 amide bonds. The van der Waals surface area contributed by atoms with Crippen molar-refractivity contribution in [3.8, 4) is 0 Å². The van der Waals surface area contributed by atoms with E-state index >= 15 is 0 Å². The summed E-state index contributed by atoms with van der Waals surface area (Å²) < 4.78 is 18.0. The number of fused-ring (bicyclic) bond motifs is 1. The summed E-state index contributed by atoms with van der Waals surface area (Å²) in [6.45, 7) is 1.28. The smallest absolute Gasteiger partial charge is 0.245 e. The topological polar surface area (TPSA) is 76.4 Å². The average molecular weight is 299 g/mol. The minimum atomic E-state index is -0.536. The second kappa shape index (κ2) is 5.07. The van der Waals surface area contributed by atoms with Crippen LogP contribution in [0.4, 0.5) is 10.1 Å². The van der Waals surface area contributed by atoms with Gasteiger partial charge in [0.05, 0.1) is 11.3 Å². The summed E-state index contributed by atoms with van der Waals surface area (Å²) in [7, 11) is 0. The Bertz CT molecular complexity index is 830. The Hall–Kier alpha value is -3.02. The molecule has 0 saturated carbocycles. The van der Waals surface area contributed by atoms with Gasteiger partial charge in [0.2, 0.25) is 5.78 Å². The molecule has 0 bridgehead atoms. The van der Waals surface area contributed by atoms with Crippen LogP contribution in [0.15, 0.2) is 46.5 Å². The molecule has 1 aromatic carbocycles. The first kappa shape index (κ1) is 13.9. The molecular formula is C16H10FNO4. The lowest BCUT2D eigenvalue weighted by Crippen LogP contribution is -2.20. The van der Waals surface area contributed by atoms with E-state index in [1.54, 1.807) is 0 Å². The average Bonchev–Trinajstić information content (AvgIpc) is 2.93. The Morgan fingerprint density at radius 2 is 1.86 bits per heavy atom. The Balaban J connectivity index is 1.94. The Morgan fingerprint density at radius 1 is 1.18 bits per heavy atom. The predicted molar refractivity (Wildman–Crippen MR) is 75.5 cm³/mol. The minimum absolute atomic E-state index is 0.00793. The van der Waals surface area contributed by atoms with E-state index in [0.29, 0.717) is 5.69 Å². The van der Waals surface area contributed by atoms with E-state index in [9.17, 15) is 18.8 Å². The standard InChI is InChI=1S/C16H10FNO4/c1-8(19)14-6-11-13(20)7-12(15(21)16(11)22-14)18-10-4-2-9(17)3-5-10/h2-7,18H,1H3. The lowest BCUT2D eigenvalue weighted by atomic mass is 9.99. The number of carbonyl (C=O) groups is 3. The molecular weight excluding hydrogens is 289 g/mol. The quantitative estimate of drug-likeness (QED) is 0.882. The van der Waals surface area contributed by atoms with Crippen molar-refractivity contribution >= 4 is 23.0 Å². The van der Waals surface area contributed by atoms with E-state index in [1.165, 1.54) is 37.3 Å². The fourth-order valence-electron chi connectivity index (χ4n) is 2.09. The summed E-state index contributed by atoms with van der Waals surface area (Å²) in [6.07, 6.45) is 1.13. The van der Waals surface area contributed by atoms with Crippen molar-refractivity contribution in [3.05, 3.63) is 65.0 Å². The third kappa shape index (κ3) is 2.35. The van der Waals surface area contributed by atoms with Gasteiger partial charge in [0.1, 0.15) is 5.82 Å². The fourth-order valence-corrected chi connectivity index (χ4v) is 2.09. The van der Waals surface area contributed by atoms with Crippen molar-refractivity contribution in [3.63, 3.8) is 0 Å². The van der Waals surface area contributed by atoms with Crippen molar-refractivity contribution < 1.29 is 23.2 Å². The van der Waals surface area contributed by atoms with Gasteiger partial charge < -0.3 is 9.73 Å². The summed E-state index contributed by atoms with van der Waals surface area (Å²) in [5, 5.41) is 2.75. The monoisotopic (exact) mass is 299 g/mol. The lowest BCUT2D eigenvalue weighted by molar-refractivity contribution is 0.0950. The molecule has 0 unspecified atom stereocenters. The maximum absolute atomic E-state index is 12.9. The van der Waals surface area contributed by atoms with Gasteiger partial charge in [0.25, 0.3) is 0 Å². The molecule has 0 saturated heterocycles. The van der Waals surface area contributed by atoms with Crippen molar-refractivity contribution in [1.82, 2.24) is 0 Å². The second-order valence-corrected chi connectivity index (χ2v) is 4.79. The number of hydrogen-bond acceptors (Lipinski definition) is 5.